The Hall–Kier alpha value is -2.28. The molecule has 0 spiro atoms. The number of benzene rings is 2. The minimum Gasteiger partial charge on any atom is -0.365 e. The highest BCUT2D eigenvalue weighted by atomic mass is 35.5. The SMILES string of the molecule is CC1=CC(C)(C)N(C)c2cc(F)c(/C=C3/SC(=Nc4ccc(Cl)c(Cl)c4)NC3=O)cc21. The van der Waals surface area contributed by atoms with Gasteiger partial charge in [-0.15, -0.1) is 0 Å². The molecule has 2 aromatic carbocycles. The summed E-state index contributed by atoms with van der Waals surface area (Å²) in [6.07, 6.45) is 3.71. The fraction of sp³-hybridized carbons (Fsp3) is 0.217. The van der Waals surface area contributed by atoms with E-state index in [0.29, 0.717) is 31.4 Å². The van der Waals surface area contributed by atoms with Gasteiger partial charge in [0, 0.05) is 23.9 Å². The van der Waals surface area contributed by atoms with E-state index < -0.39 is 0 Å². The first-order valence-electron chi connectivity index (χ1n) is 9.57. The molecule has 0 aliphatic carbocycles. The summed E-state index contributed by atoms with van der Waals surface area (Å²) in [5.74, 6) is -0.710. The zero-order valence-corrected chi connectivity index (χ0v) is 19.7. The average Bonchev–Trinajstić information content (AvgIpc) is 3.02. The summed E-state index contributed by atoms with van der Waals surface area (Å²) in [7, 11) is 1.95. The van der Waals surface area contributed by atoms with Crippen LogP contribution in [0, 0.1) is 5.82 Å². The highest BCUT2D eigenvalue weighted by Crippen LogP contribution is 2.40. The van der Waals surface area contributed by atoms with Gasteiger partial charge in [0.1, 0.15) is 5.82 Å². The van der Waals surface area contributed by atoms with Gasteiger partial charge in [-0.1, -0.05) is 29.3 Å². The second kappa shape index (κ2) is 8.01. The van der Waals surface area contributed by atoms with Gasteiger partial charge in [-0.2, -0.15) is 0 Å². The molecule has 0 atom stereocenters. The molecule has 0 unspecified atom stereocenters. The Bertz CT molecular complexity index is 1200. The number of likely N-dealkylation sites (N-methyl/N-ethyl adjacent to an activating group) is 1. The number of hydrogen-bond acceptors (Lipinski definition) is 4. The van der Waals surface area contributed by atoms with Crippen LogP contribution in [0.25, 0.3) is 11.6 Å². The van der Waals surface area contributed by atoms with E-state index in [1.165, 1.54) is 6.07 Å². The van der Waals surface area contributed by atoms with Crippen LogP contribution in [0.3, 0.4) is 0 Å². The molecule has 2 heterocycles. The summed E-state index contributed by atoms with van der Waals surface area (Å²) in [5, 5.41) is 3.90. The van der Waals surface area contributed by atoms with Crippen molar-refractivity contribution in [2.24, 2.45) is 4.99 Å². The lowest BCUT2D eigenvalue weighted by Crippen LogP contribution is -2.42. The second-order valence-corrected chi connectivity index (χ2v) is 9.86. The Morgan fingerprint density at radius 3 is 2.65 bits per heavy atom. The van der Waals surface area contributed by atoms with E-state index in [1.54, 1.807) is 30.3 Å². The van der Waals surface area contributed by atoms with Crippen molar-refractivity contribution in [3.63, 3.8) is 0 Å². The van der Waals surface area contributed by atoms with Crippen LogP contribution in [-0.4, -0.2) is 23.7 Å². The number of halogens is 3. The lowest BCUT2D eigenvalue weighted by Gasteiger charge is -2.40. The molecule has 2 aromatic rings. The van der Waals surface area contributed by atoms with Crippen molar-refractivity contribution in [2.75, 3.05) is 11.9 Å². The van der Waals surface area contributed by atoms with Gasteiger partial charge in [-0.3, -0.25) is 4.79 Å². The standard InChI is InChI=1S/C23H20Cl2FN3OS/c1-12-11-23(2,3)29(4)19-10-18(26)13(7-15(12)19)8-20-21(30)28-22(31-20)27-14-5-6-16(24)17(25)9-14/h5-11H,1-4H3,(H,27,28,30)/b20-8+. The van der Waals surface area contributed by atoms with Crippen LogP contribution < -0.4 is 10.2 Å². The summed E-state index contributed by atoms with van der Waals surface area (Å²) >= 11 is 13.1. The third-order valence-electron chi connectivity index (χ3n) is 5.41. The molecule has 0 saturated carbocycles. The summed E-state index contributed by atoms with van der Waals surface area (Å²) in [6, 6.07) is 8.27. The molecule has 4 rings (SSSR count). The smallest absolute Gasteiger partial charge is 0.264 e. The Morgan fingerprint density at radius 2 is 1.94 bits per heavy atom. The monoisotopic (exact) mass is 475 g/mol. The van der Waals surface area contributed by atoms with Crippen LogP contribution in [-0.2, 0) is 4.79 Å². The number of carbonyl (C=O) groups excluding carboxylic acids is 1. The minimum absolute atomic E-state index is 0.208. The lowest BCUT2D eigenvalue weighted by atomic mass is 9.88. The molecule has 0 aromatic heterocycles. The molecular weight excluding hydrogens is 456 g/mol. The van der Waals surface area contributed by atoms with Crippen LogP contribution >= 0.6 is 35.0 Å². The second-order valence-electron chi connectivity index (χ2n) is 8.01. The summed E-state index contributed by atoms with van der Waals surface area (Å²) in [6.45, 7) is 6.18. The van der Waals surface area contributed by atoms with E-state index in [0.717, 1.165) is 28.6 Å². The molecule has 8 heteroatoms. The van der Waals surface area contributed by atoms with Crippen LogP contribution in [0.2, 0.25) is 10.0 Å². The number of carbonyl (C=O) groups is 1. The van der Waals surface area contributed by atoms with Crippen LogP contribution in [0.4, 0.5) is 15.8 Å². The fourth-order valence-corrected chi connectivity index (χ4v) is 4.72. The van der Waals surface area contributed by atoms with E-state index in [-0.39, 0.29) is 17.3 Å². The Labute approximate surface area is 194 Å². The number of rotatable bonds is 2. The van der Waals surface area contributed by atoms with Gasteiger partial charge in [-0.25, -0.2) is 9.38 Å². The van der Waals surface area contributed by atoms with Crippen molar-refractivity contribution in [3.05, 3.63) is 68.3 Å². The van der Waals surface area contributed by atoms with Crippen LogP contribution in [0.1, 0.15) is 31.9 Å². The number of nitrogens with zero attached hydrogens (tertiary/aromatic N) is 2. The van der Waals surface area contributed by atoms with Crippen molar-refractivity contribution >= 4 is 69.1 Å². The highest BCUT2D eigenvalue weighted by molar-refractivity contribution is 8.18. The van der Waals surface area contributed by atoms with Crippen molar-refractivity contribution in [3.8, 4) is 0 Å². The molecule has 31 heavy (non-hydrogen) atoms. The van der Waals surface area contributed by atoms with Gasteiger partial charge in [0.05, 0.1) is 26.2 Å². The van der Waals surface area contributed by atoms with Crippen molar-refractivity contribution in [1.29, 1.82) is 0 Å². The first-order valence-corrected chi connectivity index (χ1v) is 11.1. The van der Waals surface area contributed by atoms with Crippen molar-refractivity contribution < 1.29 is 9.18 Å². The first-order chi connectivity index (χ1) is 14.5. The van der Waals surface area contributed by atoms with Crippen molar-refractivity contribution in [1.82, 2.24) is 5.32 Å². The average molecular weight is 476 g/mol. The topological polar surface area (TPSA) is 44.7 Å². The molecule has 1 N–H and O–H groups in total. The third kappa shape index (κ3) is 4.25. The minimum atomic E-state index is -0.383. The van der Waals surface area contributed by atoms with Crippen LogP contribution in [0.5, 0.6) is 0 Å². The van der Waals surface area contributed by atoms with Gasteiger partial charge in [0.15, 0.2) is 5.17 Å². The van der Waals surface area contributed by atoms with E-state index in [9.17, 15) is 9.18 Å². The number of nitrogens with one attached hydrogen (secondary N) is 1. The maximum atomic E-state index is 14.9. The third-order valence-corrected chi connectivity index (χ3v) is 7.06. The molecule has 0 bridgehead atoms. The number of fused-ring (bicyclic) bond motifs is 1. The van der Waals surface area contributed by atoms with Gasteiger partial charge >= 0.3 is 0 Å². The molecule has 0 radical (unpaired) electrons. The van der Waals surface area contributed by atoms with E-state index in [2.05, 4.69) is 30.2 Å². The number of allylic oxidation sites excluding steroid dienone is 1. The zero-order valence-electron chi connectivity index (χ0n) is 17.4. The quantitative estimate of drug-likeness (QED) is 0.494. The molecule has 1 saturated heterocycles. The molecule has 2 aliphatic heterocycles. The van der Waals surface area contributed by atoms with Crippen molar-refractivity contribution in [2.45, 2.75) is 26.3 Å². The number of anilines is 1. The summed E-state index contributed by atoms with van der Waals surface area (Å²) in [5.41, 5.74) is 3.56. The molecule has 1 amide bonds. The predicted molar refractivity (Wildman–Crippen MR) is 130 cm³/mol. The van der Waals surface area contributed by atoms with Gasteiger partial charge < -0.3 is 10.2 Å². The van der Waals surface area contributed by atoms with Gasteiger partial charge in [0.25, 0.3) is 5.91 Å². The number of amidine groups is 1. The highest BCUT2D eigenvalue weighted by Gasteiger charge is 2.30. The van der Waals surface area contributed by atoms with Gasteiger partial charge in [0.2, 0.25) is 0 Å². The van der Waals surface area contributed by atoms with E-state index in [4.69, 9.17) is 23.2 Å². The summed E-state index contributed by atoms with van der Waals surface area (Å²) < 4.78 is 14.9. The zero-order chi connectivity index (χ0) is 22.5. The number of hydrogen-bond donors (Lipinski definition) is 1. The maximum Gasteiger partial charge on any atom is 0.264 e. The van der Waals surface area contributed by atoms with Gasteiger partial charge in [-0.05, 0) is 74.5 Å². The van der Waals surface area contributed by atoms with Crippen LogP contribution in [0.15, 0.2) is 46.3 Å². The Morgan fingerprint density at radius 1 is 1.19 bits per heavy atom. The normalized spacial score (nSPS) is 20.2. The number of amides is 1. The lowest BCUT2D eigenvalue weighted by molar-refractivity contribution is -0.115. The predicted octanol–water partition coefficient (Wildman–Crippen LogP) is 6.66. The number of thioether (sulfide) groups is 1. The molecule has 2 aliphatic rings. The molecule has 160 valence electrons. The fourth-order valence-electron chi connectivity index (χ4n) is 3.59. The molecule has 1 fully saturated rings. The number of aliphatic imine (C=N–C) groups is 1. The van der Waals surface area contributed by atoms with E-state index in [1.807, 2.05) is 18.9 Å². The molecular formula is C23H20Cl2FN3OS. The Kier molecular flexibility index (Phi) is 5.66. The largest absolute Gasteiger partial charge is 0.365 e. The Balaban J connectivity index is 1.66. The summed E-state index contributed by atoms with van der Waals surface area (Å²) in [4.78, 5) is 19.2. The maximum absolute atomic E-state index is 14.9. The van der Waals surface area contributed by atoms with E-state index >= 15 is 0 Å². The first kappa shape index (κ1) is 21.9. The molecule has 4 nitrogen and oxygen atoms in total.